The van der Waals surface area contributed by atoms with Gasteiger partial charge >= 0.3 is 0 Å². The summed E-state index contributed by atoms with van der Waals surface area (Å²) in [5.41, 5.74) is 4.66. The molecule has 0 saturated carbocycles. The highest BCUT2D eigenvalue weighted by Gasteiger charge is 2.33. The highest BCUT2D eigenvalue weighted by molar-refractivity contribution is 7.22. The average Bonchev–Trinajstić information content (AvgIpc) is 3.25. The van der Waals surface area contributed by atoms with E-state index in [1.54, 1.807) is 18.2 Å². The zero-order valence-corrected chi connectivity index (χ0v) is 16.7. The number of aromatic hydroxyl groups is 1. The molecule has 1 atom stereocenters. The second kappa shape index (κ2) is 7.29. The van der Waals surface area contributed by atoms with E-state index in [0.717, 1.165) is 15.8 Å². The molecule has 1 unspecified atom stereocenters. The molecule has 1 saturated heterocycles. The molecule has 9 heteroatoms. The maximum Gasteiger partial charge on any atom is 0.238 e. The molecule has 2 N–H and O–H groups in total. The predicted octanol–water partition coefficient (Wildman–Crippen LogP) is 4.19. The molecule has 1 aliphatic heterocycles. The number of methoxy groups -OCH3 is 1. The number of rotatable bonds is 3. The van der Waals surface area contributed by atoms with Crippen molar-refractivity contribution in [1.82, 2.24) is 15.4 Å². The van der Waals surface area contributed by atoms with E-state index in [1.807, 2.05) is 18.2 Å². The van der Waals surface area contributed by atoms with Crippen molar-refractivity contribution in [2.24, 2.45) is 4.99 Å². The number of nitrogens with zero attached hydrogens (tertiary/aromatic N) is 3. The highest BCUT2D eigenvalue weighted by Crippen LogP contribution is 2.36. The summed E-state index contributed by atoms with van der Waals surface area (Å²) in [6.45, 7) is 1.48. The Bertz CT molecular complexity index is 1100. The van der Waals surface area contributed by atoms with Crippen LogP contribution in [-0.2, 0) is 4.79 Å². The van der Waals surface area contributed by atoms with E-state index in [1.165, 1.54) is 30.4 Å². The van der Waals surface area contributed by atoms with Crippen molar-refractivity contribution in [3.05, 3.63) is 47.0 Å². The van der Waals surface area contributed by atoms with Crippen LogP contribution >= 0.6 is 22.9 Å². The van der Waals surface area contributed by atoms with Gasteiger partial charge in [0.1, 0.15) is 5.84 Å². The number of carbonyl (C=O) groups excluding carboxylic acids is 1. The molecule has 0 radical (unpaired) electrons. The Morgan fingerprint density at radius 1 is 1.39 bits per heavy atom. The number of halogens is 1. The number of amides is 1. The van der Waals surface area contributed by atoms with Gasteiger partial charge in [0.2, 0.25) is 11.0 Å². The monoisotopic (exact) mass is 416 g/mol. The quantitative estimate of drug-likeness (QED) is 0.668. The molecule has 2 heterocycles. The first-order chi connectivity index (χ1) is 13.4. The number of hydrogen-bond donors (Lipinski definition) is 2. The SMILES string of the molecule is COc1ccc(C2CC(=Nc3nc4ccc(Cl)cc4s3)NN2C(C)=O)cc1O. The van der Waals surface area contributed by atoms with Gasteiger partial charge in [0, 0.05) is 18.4 Å². The number of fused-ring (bicyclic) bond motifs is 1. The van der Waals surface area contributed by atoms with E-state index in [4.69, 9.17) is 16.3 Å². The molecule has 7 nitrogen and oxygen atoms in total. The van der Waals surface area contributed by atoms with E-state index in [2.05, 4.69) is 15.4 Å². The number of thiazole rings is 1. The Morgan fingerprint density at radius 3 is 2.93 bits per heavy atom. The number of aliphatic imine (C=N–C) groups is 1. The molecule has 2 aromatic carbocycles. The Labute approximate surface area is 170 Å². The standard InChI is InChI=1S/C19H17ClN4O3S/c1-10(25)24-14(11-3-6-16(27-2)15(26)7-11)9-18(23-24)22-19-21-13-5-4-12(20)8-17(13)28-19/h3-8,14,26H,9H2,1-2H3,(H,21,22,23). The van der Waals surface area contributed by atoms with Crippen LogP contribution in [0.4, 0.5) is 5.13 Å². The molecular formula is C19H17ClN4O3S. The van der Waals surface area contributed by atoms with Gasteiger partial charge in [-0.25, -0.2) is 15.0 Å². The van der Waals surface area contributed by atoms with Gasteiger partial charge in [-0.3, -0.25) is 10.2 Å². The molecule has 1 aromatic heterocycles. The van der Waals surface area contributed by atoms with Gasteiger partial charge in [-0.2, -0.15) is 0 Å². The molecule has 4 rings (SSSR count). The van der Waals surface area contributed by atoms with Crippen molar-refractivity contribution in [3.8, 4) is 11.5 Å². The van der Waals surface area contributed by atoms with Crippen molar-refractivity contribution in [2.75, 3.05) is 7.11 Å². The summed E-state index contributed by atoms with van der Waals surface area (Å²) in [7, 11) is 1.49. The van der Waals surface area contributed by atoms with Crippen molar-refractivity contribution in [1.29, 1.82) is 0 Å². The fourth-order valence-electron chi connectivity index (χ4n) is 3.14. The lowest BCUT2D eigenvalue weighted by Gasteiger charge is -2.22. The van der Waals surface area contributed by atoms with Crippen LogP contribution in [0.3, 0.4) is 0 Å². The van der Waals surface area contributed by atoms with Crippen molar-refractivity contribution in [3.63, 3.8) is 0 Å². The maximum absolute atomic E-state index is 12.1. The van der Waals surface area contributed by atoms with Crippen molar-refractivity contribution in [2.45, 2.75) is 19.4 Å². The van der Waals surface area contributed by atoms with E-state index in [0.29, 0.717) is 28.2 Å². The highest BCUT2D eigenvalue weighted by atomic mass is 35.5. The largest absolute Gasteiger partial charge is 0.504 e. The lowest BCUT2D eigenvalue weighted by molar-refractivity contribution is -0.132. The lowest BCUT2D eigenvalue weighted by atomic mass is 10.0. The third kappa shape index (κ3) is 3.48. The maximum atomic E-state index is 12.1. The van der Waals surface area contributed by atoms with Gasteiger partial charge in [0.25, 0.3) is 0 Å². The van der Waals surface area contributed by atoms with Crippen LogP contribution in [0.15, 0.2) is 41.4 Å². The summed E-state index contributed by atoms with van der Waals surface area (Å²) in [6.07, 6.45) is 0.474. The van der Waals surface area contributed by atoms with Gasteiger partial charge < -0.3 is 9.84 Å². The summed E-state index contributed by atoms with van der Waals surface area (Å²) in [5.74, 6) is 0.880. The second-order valence-corrected chi connectivity index (χ2v) is 7.76. The van der Waals surface area contributed by atoms with Gasteiger partial charge in [-0.15, -0.1) is 0 Å². The molecule has 0 aliphatic carbocycles. The Balaban J connectivity index is 1.65. The first-order valence-electron chi connectivity index (χ1n) is 8.51. The molecule has 3 aromatic rings. The molecule has 28 heavy (non-hydrogen) atoms. The van der Waals surface area contributed by atoms with Gasteiger partial charge in [-0.05, 0) is 35.9 Å². The predicted molar refractivity (Wildman–Crippen MR) is 109 cm³/mol. The van der Waals surface area contributed by atoms with E-state index in [-0.39, 0.29) is 17.7 Å². The first kappa shape index (κ1) is 18.5. The average molecular weight is 417 g/mol. The molecule has 1 fully saturated rings. The summed E-state index contributed by atoms with van der Waals surface area (Å²) in [5, 5.41) is 12.8. The lowest BCUT2D eigenvalue weighted by Crippen LogP contribution is -2.38. The van der Waals surface area contributed by atoms with Gasteiger partial charge in [-0.1, -0.05) is 29.0 Å². The van der Waals surface area contributed by atoms with Crippen LogP contribution < -0.4 is 10.2 Å². The Morgan fingerprint density at radius 2 is 2.21 bits per heavy atom. The van der Waals surface area contributed by atoms with Crippen LogP contribution in [0.5, 0.6) is 11.5 Å². The minimum atomic E-state index is -0.295. The normalized spacial score (nSPS) is 17.9. The Kier molecular flexibility index (Phi) is 4.82. The minimum absolute atomic E-state index is 0.0249. The molecule has 0 spiro atoms. The zero-order valence-electron chi connectivity index (χ0n) is 15.1. The Hall–Kier alpha value is -2.84. The number of hydrazine groups is 1. The summed E-state index contributed by atoms with van der Waals surface area (Å²) >= 11 is 7.46. The molecule has 144 valence electrons. The fraction of sp³-hybridized carbons (Fsp3) is 0.211. The number of phenols is 1. The van der Waals surface area contributed by atoms with Crippen LogP contribution in [0, 0.1) is 0 Å². The van der Waals surface area contributed by atoms with Crippen LogP contribution in [0.2, 0.25) is 5.02 Å². The number of carbonyl (C=O) groups is 1. The number of aromatic nitrogens is 1. The topological polar surface area (TPSA) is 87.1 Å². The number of phenolic OH excluding ortho intramolecular Hbond substituents is 1. The summed E-state index contributed by atoms with van der Waals surface area (Å²) in [6, 6.07) is 10.3. The summed E-state index contributed by atoms with van der Waals surface area (Å²) in [4.78, 5) is 21.2. The number of ether oxygens (including phenoxy) is 1. The van der Waals surface area contributed by atoms with Crippen LogP contribution in [0.25, 0.3) is 10.2 Å². The minimum Gasteiger partial charge on any atom is -0.504 e. The van der Waals surface area contributed by atoms with Crippen LogP contribution in [0.1, 0.15) is 24.9 Å². The van der Waals surface area contributed by atoms with Crippen molar-refractivity contribution < 1.29 is 14.6 Å². The van der Waals surface area contributed by atoms with E-state index >= 15 is 0 Å². The third-order valence-electron chi connectivity index (χ3n) is 4.44. The van der Waals surface area contributed by atoms with Crippen molar-refractivity contribution >= 4 is 50.0 Å². The van der Waals surface area contributed by atoms with E-state index in [9.17, 15) is 9.90 Å². The molecule has 0 bridgehead atoms. The molecular weight excluding hydrogens is 400 g/mol. The van der Waals surface area contributed by atoms with Gasteiger partial charge in [0.05, 0.1) is 23.4 Å². The van der Waals surface area contributed by atoms with Gasteiger partial charge in [0.15, 0.2) is 11.5 Å². The smallest absolute Gasteiger partial charge is 0.238 e. The number of amidine groups is 1. The third-order valence-corrected chi connectivity index (χ3v) is 5.59. The second-order valence-electron chi connectivity index (χ2n) is 6.32. The molecule has 1 amide bonds. The van der Waals surface area contributed by atoms with E-state index < -0.39 is 0 Å². The fourth-order valence-corrected chi connectivity index (χ4v) is 4.27. The zero-order chi connectivity index (χ0) is 19.8. The first-order valence-corrected chi connectivity index (χ1v) is 9.71. The number of hydrogen-bond acceptors (Lipinski definition) is 6. The van der Waals surface area contributed by atoms with Crippen LogP contribution in [-0.4, -0.2) is 34.0 Å². The summed E-state index contributed by atoms with van der Waals surface area (Å²) < 4.78 is 6.04. The number of nitrogens with one attached hydrogen (secondary N) is 1. The molecule has 1 aliphatic rings. The number of benzene rings is 2.